The van der Waals surface area contributed by atoms with Gasteiger partial charge in [0, 0.05) is 17.2 Å². The monoisotopic (exact) mass is 326 g/mol. The van der Waals surface area contributed by atoms with Gasteiger partial charge in [0.15, 0.2) is 0 Å². The molecule has 126 valence electrons. The first-order valence-electron chi connectivity index (χ1n) is 7.60. The lowest BCUT2D eigenvalue weighted by Crippen LogP contribution is -2.19. The molecule has 0 saturated heterocycles. The predicted octanol–water partition coefficient (Wildman–Crippen LogP) is 3.47. The third-order valence-electron chi connectivity index (χ3n) is 3.72. The number of methoxy groups -OCH3 is 2. The first-order valence-corrected chi connectivity index (χ1v) is 7.60. The van der Waals surface area contributed by atoms with Crippen LogP contribution in [0.25, 0.3) is 0 Å². The molecule has 0 aliphatic heterocycles. The summed E-state index contributed by atoms with van der Waals surface area (Å²) in [5.41, 5.74) is 7.02. The number of carbonyl (C=O) groups is 1. The van der Waals surface area contributed by atoms with E-state index in [0.29, 0.717) is 17.1 Å². The van der Waals surface area contributed by atoms with Crippen LogP contribution >= 0.6 is 0 Å². The van der Waals surface area contributed by atoms with Gasteiger partial charge < -0.3 is 9.47 Å². The third kappa shape index (κ3) is 4.13. The van der Waals surface area contributed by atoms with Crippen molar-refractivity contribution in [2.45, 2.75) is 20.8 Å². The molecule has 2 rings (SSSR count). The maximum atomic E-state index is 12.3. The molecule has 0 radical (unpaired) electrons. The number of hydrogen-bond donors (Lipinski definition) is 1. The van der Waals surface area contributed by atoms with E-state index in [9.17, 15) is 4.79 Å². The van der Waals surface area contributed by atoms with Crippen LogP contribution in [0.1, 0.15) is 34.0 Å². The zero-order chi connectivity index (χ0) is 17.7. The minimum atomic E-state index is -0.322. The summed E-state index contributed by atoms with van der Waals surface area (Å²) < 4.78 is 10.4. The number of ether oxygens (including phenoxy) is 2. The third-order valence-corrected chi connectivity index (χ3v) is 3.72. The molecule has 0 bridgehead atoms. The van der Waals surface area contributed by atoms with Crippen molar-refractivity contribution >= 4 is 11.6 Å². The van der Waals surface area contributed by atoms with Gasteiger partial charge in [-0.1, -0.05) is 17.7 Å². The molecular formula is C19H22N2O3. The van der Waals surface area contributed by atoms with Crippen molar-refractivity contribution in [2.24, 2.45) is 5.10 Å². The van der Waals surface area contributed by atoms with Crippen LogP contribution in [0.2, 0.25) is 0 Å². The molecule has 0 aromatic heterocycles. The van der Waals surface area contributed by atoms with Crippen molar-refractivity contribution in [1.29, 1.82) is 0 Å². The summed E-state index contributed by atoms with van der Waals surface area (Å²) in [6.07, 6.45) is 0. The Kier molecular flexibility index (Phi) is 5.58. The second-order valence-electron chi connectivity index (χ2n) is 5.56. The molecule has 0 unspecified atom stereocenters. The van der Waals surface area contributed by atoms with E-state index in [0.717, 1.165) is 22.4 Å². The highest BCUT2D eigenvalue weighted by molar-refractivity contribution is 6.02. The summed E-state index contributed by atoms with van der Waals surface area (Å²) in [4.78, 5) is 12.3. The fourth-order valence-corrected chi connectivity index (χ4v) is 2.32. The number of nitrogens with zero attached hydrogens (tertiary/aromatic N) is 1. The molecule has 0 atom stereocenters. The van der Waals surface area contributed by atoms with Gasteiger partial charge in [-0.05, 0) is 44.5 Å². The number of carbonyl (C=O) groups excluding carboxylic acids is 1. The Bertz CT molecular complexity index is 760. The van der Waals surface area contributed by atoms with Gasteiger partial charge in [-0.25, -0.2) is 5.43 Å². The second-order valence-corrected chi connectivity index (χ2v) is 5.56. The van der Waals surface area contributed by atoms with E-state index < -0.39 is 0 Å². The molecule has 2 aromatic carbocycles. The number of benzene rings is 2. The lowest BCUT2D eigenvalue weighted by atomic mass is 10.0. The molecule has 2 aromatic rings. The molecule has 0 aliphatic rings. The van der Waals surface area contributed by atoms with Crippen LogP contribution in [0.5, 0.6) is 11.5 Å². The molecule has 0 aliphatic carbocycles. The molecular weight excluding hydrogens is 304 g/mol. The van der Waals surface area contributed by atoms with Crippen LogP contribution in [0, 0.1) is 13.8 Å². The number of amides is 1. The van der Waals surface area contributed by atoms with Crippen molar-refractivity contribution in [3.8, 4) is 11.5 Å². The van der Waals surface area contributed by atoms with E-state index in [1.165, 1.54) is 0 Å². The largest absolute Gasteiger partial charge is 0.497 e. The van der Waals surface area contributed by atoms with E-state index in [-0.39, 0.29) is 5.91 Å². The number of aryl methyl sites for hydroxylation is 2. The molecule has 0 saturated carbocycles. The topological polar surface area (TPSA) is 59.9 Å². The molecule has 5 nitrogen and oxygen atoms in total. The minimum absolute atomic E-state index is 0.322. The van der Waals surface area contributed by atoms with Crippen LogP contribution in [-0.2, 0) is 0 Å². The maximum absolute atomic E-state index is 12.3. The fourth-order valence-electron chi connectivity index (χ4n) is 2.32. The van der Waals surface area contributed by atoms with Gasteiger partial charge in [-0.15, -0.1) is 0 Å². The maximum Gasteiger partial charge on any atom is 0.271 e. The standard InChI is InChI=1S/C19H22N2O3/c1-12-6-7-13(2)18(8-12)14(3)20-21-19(22)15-9-16(23-4)11-17(10-15)24-5/h6-11H,1-5H3,(H,21,22)/b20-14+. The highest BCUT2D eigenvalue weighted by Crippen LogP contribution is 2.22. The predicted molar refractivity (Wildman–Crippen MR) is 95.1 cm³/mol. The first-order chi connectivity index (χ1) is 11.4. The summed E-state index contributed by atoms with van der Waals surface area (Å²) in [5.74, 6) is 0.779. The van der Waals surface area contributed by atoms with Crippen LogP contribution in [-0.4, -0.2) is 25.8 Å². The Morgan fingerprint density at radius 1 is 1.00 bits per heavy atom. The van der Waals surface area contributed by atoms with Crippen molar-refractivity contribution in [3.63, 3.8) is 0 Å². The van der Waals surface area contributed by atoms with E-state index in [1.807, 2.05) is 32.9 Å². The Labute approximate surface area is 142 Å². The Morgan fingerprint density at radius 2 is 1.62 bits per heavy atom. The van der Waals surface area contributed by atoms with Gasteiger partial charge in [0.25, 0.3) is 5.91 Å². The lowest BCUT2D eigenvalue weighted by molar-refractivity contribution is 0.0954. The van der Waals surface area contributed by atoms with Crippen molar-refractivity contribution in [2.75, 3.05) is 14.2 Å². The highest BCUT2D eigenvalue weighted by Gasteiger charge is 2.10. The Hall–Kier alpha value is -2.82. The fraction of sp³-hybridized carbons (Fsp3) is 0.263. The van der Waals surface area contributed by atoms with Gasteiger partial charge in [-0.3, -0.25) is 4.79 Å². The average Bonchev–Trinajstić information content (AvgIpc) is 2.60. The number of hydrazone groups is 1. The average molecular weight is 326 g/mol. The summed E-state index contributed by atoms with van der Waals surface area (Å²) >= 11 is 0. The second kappa shape index (κ2) is 7.64. The normalized spacial score (nSPS) is 11.1. The zero-order valence-electron chi connectivity index (χ0n) is 14.6. The smallest absolute Gasteiger partial charge is 0.271 e. The molecule has 0 fully saturated rings. The highest BCUT2D eigenvalue weighted by atomic mass is 16.5. The van der Waals surface area contributed by atoms with E-state index in [1.54, 1.807) is 32.4 Å². The number of nitrogens with one attached hydrogen (secondary N) is 1. The summed E-state index contributed by atoms with van der Waals surface area (Å²) in [6.45, 7) is 5.91. The summed E-state index contributed by atoms with van der Waals surface area (Å²) in [5, 5.41) is 4.22. The van der Waals surface area contributed by atoms with E-state index >= 15 is 0 Å². The minimum Gasteiger partial charge on any atom is -0.497 e. The number of rotatable bonds is 5. The van der Waals surface area contributed by atoms with Crippen LogP contribution < -0.4 is 14.9 Å². The van der Waals surface area contributed by atoms with Crippen molar-refractivity contribution in [1.82, 2.24) is 5.43 Å². The molecule has 1 amide bonds. The molecule has 1 N–H and O–H groups in total. The van der Waals surface area contributed by atoms with Crippen molar-refractivity contribution in [3.05, 3.63) is 58.7 Å². The quantitative estimate of drug-likeness (QED) is 0.676. The molecule has 0 spiro atoms. The Balaban J connectivity index is 2.22. The van der Waals surface area contributed by atoms with Crippen LogP contribution in [0.15, 0.2) is 41.5 Å². The van der Waals surface area contributed by atoms with E-state index in [4.69, 9.17) is 9.47 Å². The van der Waals surface area contributed by atoms with Crippen LogP contribution in [0.4, 0.5) is 0 Å². The van der Waals surface area contributed by atoms with Gasteiger partial charge in [0.05, 0.1) is 19.9 Å². The molecule has 24 heavy (non-hydrogen) atoms. The van der Waals surface area contributed by atoms with Gasteiger partial charge >= 0.3 is 0 Å². The summed E-state index contributed by atoms with van der Waals surface area (Å²) in [6, 6.07) is 11.1. The van der Waals surface area contributed by atoms with Crippen molar-refractivity contribution < 1.29 is 14.3 Å². The lowest BCUT2D eigenvalue weighted by Gasteiger charge is -2.09. The molecule has 5 heteroatoms. The summed E-state index contributed by atoms with van der Waals surface area (Å²) in [7, 11) is 3.08. The van der Waals surface area contributed by atoms with Crippen LogP contribution in [0.3, 0.4) is 0 Å². The number of hydrogen-bond acceptors (Lipinski definition) is 4. The van der Waals surface area contributed by atoms with Gasteiger partial charge in [0.2, 0.25) is 0 Å². The van der Waals surface area contributed by atoms with Gasteiger partial charge in [-0.2, -0.15) is 5.10 Å². The zero-order valence-corrected chi connectivity index (χ0v) is 14.6. The Morgan fingerprint density at radius 3 is 2.21 bits per heavy atom. The van der Waals surface area contributed by atoms with Gasteiger partial charge in [0.1, 0.15) is 11.5 Å². The molecule has 0 heterocycles. The first kappa shape index (κ1) is 17.5. The van der Waals surface area contributed by atoms with E-state index in [2.05, 4.69) is 16.6 Å². The SMILES string of the molecule is COc1cc(OC)cc(C(=O)N/N=C(\C)c2cc(C)ccc2C)c1.